The number of aromatic amines is 2. The Kier molecular flexibility index (Phi) is 6.20. The highest BCUT2D eigenvalue weighted by Gasteiger charge is 2.19. The Balaban J connectivity index is 2.07. The monoisotopic (exact) mass is 422 g/mol. The Morgan fingerprint density at radius 3 is 2.79 bits per heavy atom. The molecule has 2 heterocycles. The zero-order valence-corrected chi connectivity index (χ0v) is 16.6. The molecule has 0 amide bonds. The zero-order valence-electron chi connectivity index (χ0n) is 15.8. The summed E-state index contributed by atoms with van der Waals surface area (Å²) in [5, 5.41) is 0.696. The molecule has 0 bridgehead atoms. The third-order valence-electron chi connectivity index (χ3n) is 4.27. The van der Waals surface area contributed by atoms with Crippen molar-refractivity contribution in [3.05, 3.63) is 34.7 Å². The van der Waals surface area contributed by atoms with Gasteiger partial charge in [-0.25, -0.2) is 17.9 Å². The van der Waals surface area contributed by atoms with Gasteiger partial charge in [-0.2, -0.15) is 0 Å². The molecule has 5 N–H and O–H groups in total. The summed E-state index contributed by atoms with van der Waals surface area (Å²) in [5.41, 5.74) is 5.55. The minimum atomic E-state index is -3.76. The van der Waals surface area contributed by atoms with Crippen molar-refractivity contribution >= 4 is 38.0 Å². The molecule has 156 valence electrons. The number of nitrogens with two attached hydrogens (primary N) is 1. The number of H-pyrrole nitrogens is 2. The summed E-state index contributed by atoms with van der Waals surface area (Å²) in [6.45, 7) is 2.51. The van der Waals surface area contributed by atoms with E-state index in [2.05, 4.69) is 14.7 Å². The Labute approximate surface area is 166 Å². The number of sulfonamides is 1. The second-order valence-electron chi connectivity index (χ2n) is 6.24. The number of unbranched alkanes of at least 4 members (excludes halogenated alkanes) is 1. The molecule has 0 radical (unpaired) electrons. The fourth-order valence-corrected chi connectivity index (χ4v) is 4.02. The van der Waals surface area contributed by atoms with Crippen LogP contribution in [0.15, 0.2) is 34.1 Å². The van der Waals surface area contributed by atoms with Crippen LogP contribution >= 0.6 is 0 Å². The largest absolute Gasteiger partial charge is 0.513 e. The van der Waals surface area contributed by atoms with Gasteiger partial charge in [-0.15, -0.1) is 0 Å². The van der Waals surface area contributed by atoms with Gasteiger partial charge in [0.15, 0.2) is 5.75 Å². The summed E-state index contributed by atoms with van der Waals surface area (Å²) < 4.78 is 37.7. The third-order valence-corrected chi connectivity index (χ3v) is 5.73. The first-order valence-electron chi connectivity index (χ1n) is 9.09. The molecular weight excluding hydrogens is 400 g/mol. The fourth-order valence-electron chi connectivity index (χ4n) is 2.92. The molecule has 0 saturated carbocycles. The number of carbonyl (C=O) groups excluding carboxylic acids is 1. The minimum Gasteiger partial charge on any atom is -0.434 e. The normalized spacial score (nSPS) is 11.8. The summed E-state index contributed by atoms with van der Waals surface area (Å²) in [6.07, 6.45) is 1.76. The predicted octanol–water partition coefficient (Wildman–Crippen LogP) is 1.56. The number of hydrogen-bond acceptors (Lipinski definition) is 7. The number of rotatable bonds is 8. The molecule has 0 aliphatic rings. The Morgan fingerprint density at radius 2 is 2.07 bits per heavy atom. The van der Waals surface area contributed by atoms with Crippen molar-refractivity contribution in [1.82, 2.24) is 14.7 Å². The van der Waals surface area contributed by atoms with Gasteiger partial charge in [0.25, 0.3) is 5.56 Å². The van der Waals surface area contributed by atoms with Crippen molar-refractivity contribution in [2.24, 2.45) is 5.73 Å². The molecule has 0 saturated heterocycles. The lowest BCUT2D eigenvalue weighted by molar-refractivity contribution is 0.105. The SMILES string of the molecule is CCOC(=O)Oc1c[nH]c2c(=O)[nH]c3ccc(S(=O)(=O)NCCCCN)cc3c12. The molecule has 0 aliphatic carbocycles. The number of hydrogen-bond donors (Lipinski definition) is 4. The first-order valence-corrected chi connectivity index (χ1v) is 10.6. The Hall–Kier alpha value is -2.89. The zero-order chi connectivity index (χ0) is 21.0. The molecule has 2 aromatic heterocycles. The second kappa shape index (κ2) is 8.64. The van der Waals surface area contributed by atoms with Crippen LogP contribution in [-0.2, 0) is 14.8 Å². The Morgan fingerprint density at radius 1 is 1.28 bits per heavy atom. The summed E-state index contributed by atoms with van der Waals surface area (Å²) >= 11 is 0. The number of carbonyl (C=O) groups is 1. The molecule has 10 nitrogen and oxygen atoms in total. The quantitative estimate of drug-likeness (QED) is 0.317. The number of ether oxygens (including phenoxy) is 2. The summed E-state index contributed by atoms with van der Waals surface area (Å²) in [4.78, 5) is 29.5. The van der Waals surface area contributed by atoms with E-state index in [4.69, 9.17) is 15.2 Å². The van der Waals surface area contributed by atoms with Crippen molar-refractivity contribution in [3.63, 3.8) is 0 Å². The van der Waals surface area contributed by atoms with Gasteiger partial charge >= 0.3 is 6.16 Å². The van der Waals surface area contributed by atoms with Crippen LogP contribution in [0.25, 0.3) is 21.8 Å². The number of fused-ring (bicyclic) bond motifs is 3. The maximum Gasteiger partial charge on any atom is 0.513 e. The lowest BCUT2D eigenvalue weighted by Crippen LogP contribution is -2.25. The van der Waals surface area contributed by atoms with E-state index in [1.54, 1.807) is 6.92 Å². The number of benzene rings is 1. The van der Waals surface area contributed by atoms with E-state index < -0.39 is 21.7 Å². The molecule has 0 unspecified atom stereocenters. The van der Waals surface area contributed by atoms with Gasteiger partial charge in [-0.05, 0) is 44.5 Å². The molecule has 3 aromatic rings. The molecular formula is C18H22N4O6S. The van der Waals surface area contributed by atoms with Crippen LogP contribution in [0, 0.1) is 0 Å². The molecule has 29 heavy (non-hydrogen) atoms. The van der Waals surface area contributed by atoms with Crippen molar-refractivity contribution in [1.29, 1.82) is 0 Å². The van der Waals surface area contributed by atoms with Gasteiger partial charge in [0, 0.05) is 23.6 Å². The summed E-state index contributed by atoms with van der Waals surface area (Å²) in [5.74, 6) is 0.0694. The second-order valence-corrected chi connectivity index (χ2v) is 8.01. The van der Waals surface area contributed by atoms with Crippen LogP contribution in [0.1, 0.15) is 19.8 Å². The lowest BCUT2D eigenvalue weighted by atomic mass is 10.1. The summed E-state index contributed by atoms with van der Waals surface area (Å²) in [7, 11) is -3.76. The van der Waals surface area contributed by atoms with Crippen molar-refractivity contribution in [2.75, 3.05) is 19.7 Å². The van der Waals surface area contributed by atoms with Gasteiger partial charge in [0.1, 0.15) is 5.52 Å². The van der Waals surface area contributed by atoms with E-state index in [-0.39, 0.29) is 34.7 Å². The minimum absolute atomic E-state index is 0.0226. The van der Waals surface area contributed by atoms with E-state index >= 15 is 0 Å². The van der Waals surface area contributed by atoms with Crippen LogP contribution in [0.3, 0.4) is 0 Å². The van der Waals surface area contributed by atoms with Crippen LogP contribution < -0.4 is 20.8 Å². The molecule has 0 spiro atoms. The van der Waals surface area contributed by atoms with Crippen LogP contribution in [0.4, 0.5) is 4.79 Å². The van der Waals surface area contributed by atoms with E-state index in [1.165, 1.54) is 24.4 Å². The highest BCUT2D eigenvalue weighted by molar-refractivity contribution is 7.89. The highest BCUT2D eigenvalue weighted by atomic mass is 32.2. The molecule has 3 rings (SSSR count). The van der Waals surface area contributed by atoms with Gasteiger partial charge in [0.05, 0.1) is 16.9 Å². The van der Waals surface area contributed by atoms with E-state index in [1.807, 2.05) is 0 Å². The maximum atomic E-state index is 12.6. The molecule has 0 fully saturated rings. The van der Waals surface area contributed by atoms with Gasteiger partial charge in [0.2, 0.25) is 10.0 Å². The molecule has 1 aromatic carbocycles. The maximum absolute atomic E-state index is 12.6. The van der Waals surface area contributed by atoms with E-state index in [0.717, 1.165) is 0 Å². The average molecular weight is 422 g/mol. The lowest BCUT2D eigenvalue weighted by Gasteiger charge is -2.09. The molecule has 0 aliphatic heterocycles. The highest BCUT2D eigenvalue weighted by Crippen LogP contribution is 2.31. The fraction of sp³-hybridized carbons (Fsp3) is 0.333. The van der Waals surface area contributed by atoms with Gasteiger partial charge in [-0.3, -0.25) is 4.79 Å². The topological polar surface area (TPSA) is 156 Å². The number of nitrogens with one attached hydrogen (secondary N) is 3. The van der Waals surface area contributed by atoms with Gasteiger partial charge in [-0.1, -0.05) is 0 Å². The standard InChI is InChI=1S/C18H22N4O6S/c1-2-27-18(24)28-14-10-20-16-15(14)12-9-11(5-6-13(12)22-17(16)23)29(25,26)21-8-4-3-7-19/h5-6,9-10,20-21H,2-4,7-8,19H2,1H3,(H,22,23). The molecule has 11 heteroatoms. The third kappa shape index (κ3) is 4.42. The smallest absolute Gasteiger partial charge is 0.434 e. The average Bonchev–Trinajstić information content (AvgIpc) is 3.10. The van der Waals surface area contributed by atoms with Gasteiger partial charge < -0.3 is 25.2 Å². The van der Waals surface area contributed by atoms with Crippen molar-refractivity contribution in [3.8, 4) is 5.75 Å². The first kappa shape index (κ1) is 20.8. The number of pyridine rings is 1. The number of aromatic nitrogens is 2. The van der Waals surface area contributed by atoms with Crippen LogP contribution in [-0.4, -0.2) is 44.2 Å². The van der Waals surface area contributed by atoms with E-state index in [9.17, 15) is 18.0 Å². The van der Waals surface area contributed by atoms with Crippen LogP contribution in [0.2, 0.25) is 0 Å². The first-order chi connectivity index (χ1) is 13.9. The van der Waals surface area contributed by atoms with E-state index in [0.29, 0.717) is 30.3 Å². The van der Waals surface area contributed by atoms with Crippen molar-refractivity contribution in [2.45, 2.75) is 24.7 Å². The van der Waals surface area contributed by atoms with Crippen LogP contribution in [0.5, 0.6) is 5.75 Å². The predicted molar refractivity (Wildman–Crippen MR) is 108 cm³/mol. The Bertz CT molecular complexity index is 1200. The summed E-state index contributed by atoms with van der Waals surface area (Å²) in [6, 6.07) is 4.31. The molecule has 0 atom stereocenters. The van der Waals surface area contributed by atoms with Crippen molar-refractivity contribution < 1.29 is 22.7 Å².